The molecule has 5 rings (SSSR count). The summed E-state index contributed by atoms with van der Waals surface area (Å²) in [5.74, 6) is 0.138. The molecule has 2 N–H and O–H groups in total. The smallest absolute Gasteiger partial charge is 0.335 e. The number of rotatable bonds is 10. The van der Waals surface area contributed by atoms with Crippen molar-refractivity contribution in [3.05, 3.63) is 87.0 Å². The first-order valence-electron chi connectivity index (χ1n) is 11.7. The average molecular weight is 551 g/mol. The van der Waals surface area contributed by atoms with Crippen molar-refractivity contribution in [2.75, 3.05) is 13.2 Å². The molecule has 0 saturated heterocycles. The molecule has 38 heavy (non-hydrogen) atoms. The van der Waals surface area contributed by atoms with Gasteiger partial charge in [-0.1, -0.05) is 41.9 Å². The molecule has 2 aromatic carbocycles. The highest BCUT2D eigenvalue weighted by Crippen LogP contribution is 2.34. The number of fused-ring (bicyclic) bond motifs is 1. The first kappa shape index (κ1) is 25.4. The lowest BCUT2D eigenvalue weighted by Crippen LogP contribution is -2.27. The largest absolute Gasteiger partial charge is 0.493 e. The highest BCUT2D eigenvalue weighted by molar-refractivity contribution is 7.17. The van der Waals surface area contributed by atoms with E-state index >= 15 is 0 Å². The number of hydrogen-bond donors (Lipinski definition) is 2. The summed E-state index contributed by atoms with van der Waals surface area (Å²) in [7, 11) is 1.77. The molecule has 0 bridgehead atoms. The molecule has 0 atom stereocenters. The Morgan fingerprint density at radius 2 is 1.97 bits per heavy atom. The second-order valence-corrected chi connectivity index (χ2v) is 9.57. The summed E-state index contributed by atoms with van der Waals surface area (Å²) in [4.78, 5) is 37.1. The Balaban J connectivity index is 1.18. The van der Waals surface area contributed by atoms with Gasteiger partial charge in [-0.2, -0.15) is 4.98 Å². The number of halogens is 1. The molecule has 0 aliphatic carbocycles. The van der Waals surface area contributed by atoms with E-state index < -0.39 is 11.5 Å². The summed E-state index contributed by atoms with van der Waals surface area (Å²) in [6.45, 7) is 1.12. The Labute approximate surface area is 226 Å². The van der Waals surface area contributed by atoms with Crippen molar-refractivity contribution >= 4 is 39.1 Å². The van der Waals surface area contributed by atoms with Gasteiger partial charge in [-0.15, -0.1) is 16.4 Å². The van der Waals surface area contributed by atoms with E-state index in [0.29, 0.717) is 52.2 Å². The second-order valence-electron chi connectivity index (χ2n) is 8.31. The molecule has 0 unspecified atom stereocenters. The van der Waals surface area contributed by atoms with Crippen LogP contribution in [0.3, 0.4) is 0 Å². The number of ether oxygens (including phenoxy) is 2. The summed E-state index contributed by atoms with van der Waals surface area (Å²) >= 11 is 7.60. The van der Waals surface area contributed by atoms with Crippen molar-refractivity contribution < 1.29 is 14.3 Å². The zero-order valence-corrected chi connectivity index (χ0v) is 21.9. The van der Waals surface area contributed by atoms with Gasteiger partial charge < -0.3 is 19.8 Å². The van der Waals surface area contributed by atoms with Gasteiger partial charge in [0.1, 0.15) is 16.9 Å². The van der Waals surface area contributed by atoms with Gasteiger partial charge in [0.15, 0.2) is 0 Å². The predicted octanol–water partition coefficient (Wildman–Crippen LogP) is 4.21. The fourth-order valence-corrected chi connectivity index (χ4v) is 4.92. The van der Waals surface area contributed by atoms with Crippen LogP contribution in [0.2, 0.25) is 5.02 Å². The van der Waals surface area contributed by atoms with E-state index in [1.54, 1.807) is 24.1 Å². The van der Waals surface area contributed by atoms with Crippen molar-refractivity contribution in [2.45, 2.75) is 13.0 Å². The number of aryl methyl sites for hydroxylation is 1. The number of aromatic nitrogens is 5. The molecule has 0 radical (unpaired) electrons. The molecule has 3 heterocycles. The Morgan fingerprint density at radius 1 is 1.13 bits per heavy atom. The Kier molecular flexibility index (Phi) is 7.66. The number of carbonyl (C=O) groups excluding carboxylic acids is 1. The molecule has 0 saturated carbocycles. The molecule has 5 aromatic rings. The minimum absolute atomic E-state index is 0.0511. The number of nitrogens with one attached hydrogen (secondary N) is 2. The van der Waals surface area contributed by atoms with E-state index in [1.165, 1.54) is 11.3 Å². The number of hydrogen-bond acceptors (Lipinski definition) is 8. The number of benzene rings is 2. The molecule has 0 fully saturated rings. The molecular formula is C26H23ClN6O4S. The highest BCUT2D eigenvalue weighted by atomic mass is 35.5. The molecule has 194 valence electrons. The first-order chi connectivity index (χ1) is 18.5. The molecule has 0 aliphatic heterocycles. The van der Waals surface area contributed by atoms with Crippen LogP contribution in [0, 0.1) is 0 Å². The molecule has 12 heteroatoms. The van der Waals surface area contributed by atoms with Crippen LogP contribution in [-0.4, -0.2) is 43.9 Å². The summed E-state index contributed by atoms with van der Waals surface area (Å²) in [6.07, 6.45) is 2.23. The molecular weight excluding hydrogens is 528 g/mol. The summed E-state index contributed by atoms with van der Waals surface area (Å²) < 4.78 is 12.8. The second kappa shape index (κ2) is 11.4. The molecule has 0 spiro atoms. The van der Waals surface area contributed by atoms with E-state index in [-0.39, 0.29) is 12.4 Å². The minimum Gasteiger partial charge on any atom is -0.493 e. The Hall–Kier alpha value is -4.22. The number of thiophene rings is 1. The standard InChI is InChI=1S/C26H23ClN6O4S/c1-33-15-29-26(32-33)37-11-5-10-36-17-7-4-6-16(12-17)13-28-24(35)22-30-23(34)21-19(14-38-25(21)31-22)18-8-2-3-9-20(18)27/h2-4,6-9,12,14-15H,5,10-11,13H2,1H3,(H,28,35)(H,30,31,34). The van der Waals surface area contributed by atoms with Crippen LogP contribution in [0.25, 0.3) is 21.3 Å². The molecule has 1 amide bonds. The van der Waals surface area contributed by atoms with Gasteiger partial charge in [-0.05, 0) is 23.8 Å². The minimum atomic E-state index is -0.483. The zero-order chi connectivity index (χ0) is 26.5. The number of nitrogens with zero attached hydrogens (tertiary/aromatic N) is 4. The molecule has 3 aromatic heterocycles. The van der Waals surface area contributed by atoms with E-state index in [9.17, 15) is 9.59 Å². The van der Waals surface area contributed by atoms with Crippen molar-refractivity contribution in [1.82, 2.24) is 30.0 Å². The van der Waals surface area contributed by atoms with E-state index in [4.69, 9.17) is 21.1 Å². The average Bonchev–Trinajstić information content (AvgIpc) is 3.54. The molecule has 0 aliphatic rings. The maximum absolute atomic E-state index is 12.9. The van der Waals surface area contributed by atoms with Crippen LogP contribution in [-0.2, 0) is 13.6 Å². The van der Waals surface area contributed by atoms with Crippen molar-refractivity contribution in [2.24, 2.45) is 7.05 Å². The third kappa shape index (κ3) is 5.84. The number of aromatic amines is 1. The fraction of sp³-hybridized carbons (Fsp3) is 0.192. The summed E-state index contributed by atoms with van der Waals surface area (Å²) in [6, 6.07) is 15.0. The van der Waals surface area contributed by atoms with Gasteiger partial charge in [-0.3, -0.25) is 14.3 Å². The third-order valence-corrected chi connectivity index (χ3v) is 6.74. The van der Waals surface area contributed by atoms with Crippen molar-refractivity contribution in [3.63, 3.8) is 0 Å². The van der Waals surface area contributed by atoms with Gasteiger partial charge in [-0.25, -0.2) is 4.98 Å². The summed E-state index contributed by atoms with van der Waals surface area (Å²) in [5.41, 5.74) is 1.87. The number of carbonyl (C=O) groups is 1. The summed E-state index contributed by atoms with van der Waals surface area (Å²) in [5, 5.41) is 9.62. The topological polar surface area (TPSA) is 124 Å². The Morgan fingerprint density at radius 3 is 2.79 bits per heavy atom. The zero-order valence-electron chi connectivity index (χ0n) is 20.3. The maximum atomic E-state index is 12.9. The third-order valence-electron chi connectivity index (χ3n) is 5.54. The van der Waals surface area contributed by atoms with Gasteiger partial charge in [0.05, 0.1) is 18.6 Å². The highest BCUT2D eigenvalue weighted by Gasteiger charge is 2.17. The van der Waals surface area contributed by atoms with Gasteiger partial charge in [0.2, 0.25) is 5.82 Å². The van der Waals surface area contributed by atoms with Crippen LogP contribution in [0.1, 0.15) is 22.6 Å². The lowest BCUT2D eigenvalue weighted by Gasteiger charge is -2.09. The Bertz CT molecular complexity index is 1650. The fourth-order valence-electron chi connectivity index (χ4n) is 3.74. The van der Waals surface area contributed by atoms with Crippen LogP contribution >= 0.6 is 22.9 Å². The number of amides is 1. The van der Waals surface area contributed by atoms with Crippen molar-refractivity contribution in [1.29, 1.82) is 0 Å². The van der Waals surface area contributed by atoms with Gasteiger partial charge >= 0.3 is 6.01 Å². The predicted molar refractivity (Wildman–Crippen MR) is 145 cm³/mol. The molecule has 10 nitrogen and oxygen atoms in total. The van der Waals surface area contributed by atoms with Crippen LogP contribution in [0.5, 0.6) is 11.8 Å². The lowest BCUT2D eigenvalue weighted by atomic mass is 10.1. The first-order valence-corrected chi connectivity index (χ1v) is 13.0. The van der Waals surface area contributed by atoms with Gasteiger partial charge in [0, 0.05) is 41.5 Å². The van der Waals surface area contributed by atoms with E-state index in [0.717, 1.165) is 11.1 Å². The van der Waals surface area contributed by atoms with Crippen molar-refractivity contribution in [3.8, 4) is 22.9 Å². The normalized spacial score (nSPS) is 11.0. The van der Waals surface area contributed by atoms with E-state index in [1.807, 2.05) is 47.8 Å². The monoisotopic (exact) mass is 550 g/mol. The van der Waals surface area contributed by atoms with Crippen LogP contribution < -0.4 is 20.3 Å². The maximum Gasteiger partial charge on any atom is 0.335 e. The quantitative estimate of drug-likeness (QED) is 0.250. The van der Waals surface area contributed by atoms with Crippen LogP contribution in [0.15, 0.2) is 65.0 Å². The van der Waals surface area contributed by atoms with Crippen LogP contribution in [0.4, 0.5) is 0 Å². The number of H-pyrrole nitrogens is 1. The SMILES string of the molecule is Cn1cnc(OCCCOc2cccc(CNC(=O)c3nc4scc(-c5ccccc5Cl)c4c(=O)[nH]3)c2)n1. The van der Waals surface area contributed by atoms with E-state index in [2.05, 4.69) is 25.4 Å². The van der Waals surface area contributed by atoms with Gasteiger partial charge in [0.25, 0.3) is 11.5 Å². The lowest BCUT2D eigenvalue weighted by molar-refractivity contribution is 0.0940.